The van der Waals surface area contributed by atoms with Crippen LogP contribution in [0.25, 0.3) is 22.6 Å². The van der Waals surface area contributed by atoms with Crippen LogP contribution in [0, 0.1) is 11.6 Å². The third-order valence-corrected chi connectivity index (χ3v) is 7.61. The molecule has 226 valence electrons. The molecule has 2 N–H and O–H groups in total. The molecule has 3 aromatic carbocycles. The largest absolute Gasteiger partial charge is 0.493 e. The topological polar surface area (TPSA) is 110 Å². The van der Waals surface area contributed by atoms with Crippen LogP contribution in [0.1, 0.15) is 24.0 Å². The Kier molecular flexibility index (Phi) is 8.69. The van der Waals surface area contributed by atoms with Crippen LogP contribution in [0.2, 0.25) is 0 Å². The van der Waals surface area contributed by atoms with Gasteiger partial charge in [-0.3, -0.25) is 0 Å². The number of nitrogens with zero attached hydrogens (tertiary/aromatic N) is 6. The first-order valence-corrected chi connectivity index (χ1v) is 14.3. The summed E-state index contributed by atoms with van der Waals surface area (Å²) in [6, 6.07) is 18.6. The average Bonchev–Trinajstić information content (AvgIpc) is 3.07. The first-order valence-electron chi connectivity index (χ1n) is 14.3. The Balaban J connectivity index is 1.26. The van der Waals surface area contributed by atoms with Gasteiger partial charge in [0, 0.05) is 37.8 Å². The van der Waals surface area contributed by atoms with E-state index in [1.165, 1.54) is 24.3 Å². The van der Waals surface area contributed by atoms with Crippen molar-refractivity contribution in [2.45, 2.75) is 32.0 Å². The lowest BCUT2D eigenvalue weighted by Crippen LogP contribution is -2.42. The molecule has 0 unspecified atom stereocenters. The number of piperidine rings is 1. The van der Waals surface area contributed by atoms with Gasteiger partial charge in [0.25, 0.3) is 0 Å². The minimum Gasteiger partial charge on any atom is -0.493 e. The molecule has 12 heteroatoms. The highest BCUT2D eigenvalue weighted by atomic mass is 19.1. The van der Waals surface area contributed by atoms with Gasteiger partial charge in [-0.2, -0.15) is 9.97 Å². The van der Waals surface area contributed by atoms with Crippen LogP contribution in [-0.4, -0.2) is 58.5 Å². The monoisotopic (exact) mass is 598 g/mol. The van der Waals surface area contributed by atoms with Crippen molar-refractivity contribution < 1.29 is 18.3 Å². The number of ether oxygens (including phenoxy) is 2. The van der Waals surface area contributed by atoms with Gasteiger partial charge < -0.3 is 25.0 Å². The third kappa shape index (κ3) is 6.65. The summed E-state index contributed by atoms with van der Waals surface area (Å²) < 4.78 is 37.5. The molecule has 1 aliphatic heterocycles. The number of fused-ring (bicyclic) bond motifs is 1. The fourth-order valence-corrected chi connectivity index (χ4v) is 5.16. The zero-order valence-electron chi connectivity index (χ0n) is 24.4. The van der Waals surface area contributed by atoms with Gasteiger partial charge in [-0.15, -0.1) is 10.2 Å². The van der Waals surface area contributed by atoms with Gasteiger partial charge in [-0.05, 0) is 66.4 Å². The van der Waals surface area contributed by atoms with Crippen LogP contribution < -0.4 is 25.0 Å². The Hall–Kier alpha value is -4.97. The Labute approximate surface area is 253 Å². The van der Waals surface area contributed by atoms with E-state index in [9.17, 15) is 8.78 Å². The Morgan fingerprint density at radius 3 is 2.09 bits per heavy atom. The number of aromatic nitrogens is 5. The Bertz CT molecular complexity index is 1730. The minimum atomic E-state index is -0.291. The number of rotatable bonds is 10. The summed E-state index contributed by atoms with van der Waals surface area (Å²) in [6.07, 6.45) is 1.76. The second-order valence-electron chi connectivity index (χ2n) is 10.5. The molecule has 1 aliphatic rings. The van der Waals surface area contributed by atoms with Crippen LogP contribution in [0.5, 0.6) is 11.5 Å². The van der Waals surface area contributed by atoms with Crippen LogP contribution in [0.15, 0.2) is 66.7 Å². The van der Waals surface area contributed by atoms with E-state index in [-0.39, 0.29) is 11.6 Å². The molecular formula is C32H32F2N8O2. The van der Waals surface area contributed by atoms with E-state index in [0.29, 0.717) is 64.9 Å². The highest BCUT2D eigenvalue weighted by Gasteiger charge is 2.24. The molecule has 5 aromatic rings. The first kappa shape index (κ1) is 29.1. The van der Waals surface area contributed by atoms with Gasteiger partial charge in [0.2, 0.25) is 11.6 Å². The molecule has 1 fully saturated rings. The molecule has 0 spiro atoms. The summed E-state index contributed by atoms with van der Waals surface area (Å²) in [6.45, 7) is 2.55. The summed E-state index contributed by atoms with van der Waals surface area (Å²) in [7, 11) is 3.16. The van der Waals surface area contributed by atoms with E-state index in [1.807, 2.05) is 6.07 Å². The van der Waals surface area contributed by atoms with E-state index >= 15 is 0 Å². The second kappa shape index (κ2) is 13.1. The molecule has 0 atom stereocenters. The van der Waals surface area contributed by atoms with Crippen molar-refractivity contribution in [2.75, 3.05) is 37.5 Å². The van der Waals surface area contributed by atoms with Gasteiger partial charge in [0.1, 0.15) is 11.6 Å². The molecule has 2 aromatic heterocycles. The van der Waals surface area contributed by atoms with Crippen molar-refractivity contribution in [2.24, 2.45) is 0 Å². The van der Waals surface area contributed by atoms with E-state index in [2.05, 4.69) is 30.7 Å². The number of benzene rings is 3. The molecule has 0 saturated carbocycles. The molecule has 0 amide bonds. The summed E-state index contributed by atoms with van der Waals surface area (Å²) in [5.41, 5.74) is 3.54. The van der Waals surface area contributed by atoms with Gasteiger partial charge in [0.15, 0.2) is 28.7 Å². The van der Waals surface area contributed by atoms with E-state index < -0.39 is 0 Å². The quantitative estimate of drug-likeness (QED) is 0.224. The van der Waals surface area contributed by atoms with E-state index in [4.69, 9.17) is 19.4 Å². The average molecular weight is 599 g/mol. The zero-order chi connectivity index (χ0) is 30.5. The second-order valence-corrected chi connectivity index (χ2v) is 10.5. The molecule has 10 nitrogen and oxygen atoms in total. The van der Waals surface area contributed by atoms with Gasteiger partial charge in [0.05, 0.1) is 14.2 Å². The number of methoxy groups -OCH3 is 2. The van der Waals surface area contributed by atoms with Crippen molar-refractivity contribution in [1.82, 2.24) is 30.5 Å². The summed E-state index contributed by atoms with van der Waals surface area (Å²) >= 11 is 0. The van der Waals surface area contributed by atoms with Gasteiger partial charge in [-0.25, -0.2) is 13.8 Å². The number of halogens is 2. The maximum Gasteiger partial charge on any atom is 0.227 e. The maximum absolute atomic E-state index is 13.4. The summed E-state index contributed by atoms with van der Waals surface area (Å²) in [5.74, 6) is 2.07. The van der Waals surface area contributed by atoms with E-state index in [0.717, 1.165) is 37.1 Å². The smallest absolute Gasteiger partial charge is 0.227 e. The molecular weight excluding hydrogens is 566 g/mol. The first-order chi connectivity index (χ1) is 21.5. The molecule has 44 heavy (non-hydrogen) atoms. The maximum atomic E-state index is 13.4. The number of nitrogens with one attached hydrogen (secondary N) is 2. The summed E-state index contributed by atoms with van der Waals surface area (Å²) in [4.78, 5) is 16.5. The van der Waals surface area contributed by atoms with Gasteiger partial charge >= 0.3 is 0 Å². The normalized spacial score (nSPS) is 13.7. The lowest BCUT2D eigenvalue weighted by molar-refractivity contribution is 0.355. The lowest BCUT2D eigenvalue weighted by Gasteiger charge is -2.33. The van der Waals surface area contributed by atoms with Crippen LogP contribution in [-0.2, 0) is 13.1 Å². The summed E-state index contributed by atoms with van der Waals surface area (Å²) in [5, 5.41) is 15.6. The molecule has 6 rings (SSSR count). The van der Waals surface area contributed by atoms with Gasteiger partial charge in [-0.1, -0.05) is 24.3 Å². The minimum absolute atomic E-state index is 0.238. The standard InChI is InChI=1S/C32H32F2N8O2/c1-43-26-12-7-22(17-27(26)44-2)29-37-28-30(41-40-29)38-32(36-19-21-5-10-24(34)11-6-21)39-31(28)42-15-13-25(14-16-42)35-18-20-3-8-23(33)9-4-20/h3-12,17,25,35H,13-16,18-19H2,1-2H3,(H,36,38,39,41). The van der Waals surface area contributed by atoms with Crippen LogP contribution in [0.4, 0.5) is 20.5 Å². The SMILES string of the molecule is COc1ccc(-c2nnc3nc(NCc4ccc(F)cc4)nc(N4CCC(NCc5ccc(F)cc5)CC4)c3n2)cc1OC. The van der Waals surface area contributed by atoms with Crippen LogP contribution >= 0.6 is 0 Å². The highest BCUT2D eigenvalue weighted by molar-refractivity contribution is 5.85. The fraction of sp³-hybridized carbons (Fsp3) is 0.281. The van der Waals surface area contributed by atoms with Crippen molar-refractivity contribution in [3.63, 3.8) is 0 Å². The third-order valence-electron chi connectivity index (χ3n) is 7.61. The predicted molar refractivity (Wildman–Crippen MR) is 164 cm³/mol. The molecule has 0 bridgehead atoms. The molecule has 3 heterocycles. The Morgan fingerprint density at radius 1 is 0.773 bits per heavy atom. The lowest BCUT2D eigenvalue weighted by atomic mass is 10.0. The number of hydrogen-bond donors (Lipinski definition) is 2. The van der Waals surface area contributed by atoms with Crippen molar-refractivity contribution >= 4 is 22.9 Å². The van der Waals surface area contributed by atoms with Crippen molar-refractivity contribution in [3.8, 4) is 22.9 Å². The molecule has 0 aliphatic carbocycles. The zero-order valence-corrected chi connectivity index (χ0v) is 24.4. The van der Waals surface area contributed by atoms with Crippen molar-refractivity contribution in [1.29, 1.82) is 0 Å². The molecule has 0 radical (unpaired) electrons. The molecule has 1 saturated heterocycles. The number of anilines is 2. The van der Waals surface area contributed by atoms with Crippen LogP contribution in [0.3, 0.4) is 0 Å². The Morgan fingerprint density at radius 2 is 1.43 bits per heavy atom. The highest BCUT2D eigenvalue weighted by Crippen LogP contribution is 2.32. The van der Waals surface area contributed by atoms with E-state index in [1.54, 1.807) is 50.6 Å². The fourth-order valence-electron chi connectivity index (χ4n) is 5.16. The number of hydrogen-bond acceptors (Lipinski definition) is 10. The van der Waals surface area contributed by atoms with Crippen molar-refractivity contribution in [3.05, 3.63) is 89.5 Å². The predicted octanol–water partition coefficient (Wildman–Crippen LogP) is 5.15.